The van der Waals surface area contributed by atoms with Crippen molar-refractivity contribution in [1.82, 2.24) is 25.2 Å². The Kier molecular flexibility index (Phi) is 2.44. The summed E-state index contributed by atoms with van der Waals surface area (Å²) in [6.45, 7) is 2.07. The average molecular weight is 232 g/mol. The minimum Gasteiger partial charge on any atom is -0.341 e. The van der Waals surface area contributed by atoms with Crippen molar-refractivity contribution >= 4 is 0 Å². The molecule has 0 amide bonds. The summed E-state index contributed by atoms with van der Waals surface area (Å²) in [6.07, 6.45) is 5.39. The fourth-order valence-corrected chi connectivity index (χ4v) is 2.59. The number of aromatic nitrogens is 5. The predicted molar refractivity (Wildman–Crippen MR) is 62.3 cm³/mol. The van der Waals surface area contributed by atoms with Crippen LogP contribution in [0.1, 0.15) is 48.9 Å². The van der Waals surface area contributed by atoms with Gasteiger partial charge in [-0.25, -0.2) is 0 Å². The predicted octanol–water partition coefficient (Wildman–Crippen LogP) is 0.947. The number of hydrogen-bond acceptors (Lipinski definition) is 4. The van der Waals surface area contributed by atoms with Crippen LogP contribution < -0.4 is 5.73 Å². The van der Waals surface area contributed by atoms with Gasteiger partial charge in [-0.3, -0.25) is 0 Å². The number of tetrazole rings is 1. The van der Waals surface area contributed by atoms with E-state index >= 15 is 0 Å². The van der Waals surface area contributed by atoms with Crippen molar-refractivity contribution in [2.75, 3.05) is 0 Å². The van der Waals surface area contributed by atoms with Gasteiger partial charge in [0, 0.05) is 17.9 Å². The van der Waals surface area contributed by atoms with Gasteiger partial charge in [0.25, 0.3) is 0 Å². The highest BCUT2D eigenvalue weighted by molar-refractivity contribution is 5.29. The molecule has 0 fully saturated rings. The van der Waals surface area contributed by atoms with E-state index in [-0.39, 0.29) is 12.1 Å². The van der Waals surface area contributed by atoms with Gasteiger partial charge < -0.3 is 10.3 Å². The summed E-state index contributed by atoms with van der Waals surface area (Å²) in [5.74, 6) is 0.711. The Morgan fingerprint density at radius 3 is 3.24 bits per heavy atom. The van der Waals surface area contributed by atoms with Gasteiger partial charge in [-0.2, -0.15) is 5.21 Å². The minimum atomic E-state index is 0.0998. The molecule has 17 heavy (non-hydrogen) atoms. The van der Waals surface area contributed by atoms with Crippen molar-refractivity contribution in [3.8, 4) is 0 Å². The lowest BCUT2D eigenvalue weighted by Gasteiger charge is -2.22. The molecule has 3 rings (SSSR count). The topological polar surface area (TPSA) is 85.4 Å². The van der Waals surface area contributed by atoms with E-state index in [2.05, 4.69) is 44.4 Å². The third kappa shape index (κ3) is 1.64. The van der Waals surface area contributed by atoms with E-state index in [1.807, 2.05) is 0 Å². The molecule has 2 atom stereocenters. The van der Waals surface area contributed by atoms with E-state index in [9.17, 15) is 0 Å². The van der Waals surface area contributed by atoms with Crippen molar-refractivity contribution in [1.29, 1.82) is 0 Å². The second kappa shape index (κ2) is 3.96. The fourth-order valence-electron chi connectivity index (χ4n) is 2.59. The zero-order valence-electron chi connectivity index (χ0n) is 9.80. The van der Waals surface area contributed by atoms with Crippen LogP contribution >= 0.6 is 0 Å². The first-order valence-corrected chi connectivity index (χ1v) is 5.96. The molecule has 1 aliphatic rings. The number of nitrogens with two attached hydrogens (primary N) is 1. The van der Waals surface area contributed by atoms with Crippen LogP contribution in [0.4, 0.5) is 0 Å². The third-order valence-electron chi connectivity index (χ3n) is 3.54. The standard InChI is InChI=1S/C11H16N6/c1-7(11-13-15-16-14-11)17-6-5-8-9(12)3-2-4-10(8)17/h5-7,9H,2-4,12H2,1H3,(H,13,14,15,16). The van der Waals surface area contributed by atoms with Crippen LogP contribution in [0.3, 0.4) is 0 Å². The Hall–Kier alpha value is -1.69. The first kappa shape index (κ1) is 10.5. The highest BCUT2D eigenvalue weighted by Gasteiger charge is 2.23. The maximum absolute atomic E-state index is 6.12. The van der Waals surface area contributed by atoms with Crippen LogP contribution in [0, 0.1) is 0 Å². The van der Waals surface area contributed by atoms with Crippen LogP contribution in [-0.4, -0.2) is 25.2 Å². The molecule has 2 unspecified atom stereocenters. The van der Waals surface area contributed by atoms with Gasteiger partial charge in [0.2, 0.25) is 0 Å². The third-order valence-corrected chi connectivity index (χ3v) is 3.54. The summed E-state index contributed by atoms with van der Waals surface area (Å²) >= 11 is 0. The largest absolute Gasteiger partial charge is 0.341 e. The molecule has 0 aromatic carbocycles. The van der Waals surface area contributed by atoms with E-state index in [0.29, 0.717) is 5.82 Å². The van der Waals surface area contributed by atoms with Gasteiger partial charge in [-0.15, -0.1) is 10.2 Å². The Labute approximate surface area is 99.2 Å². The smallest absolute Gasteiger partial charge is 0.196 e. The second-order valence-electron chi connectivity index (χ2n) is 4.57. The van der Waals surface area contributed by atoms with Crippen LogP contribution in [0.5, 0.6) is 0 Å². The molecular formula is C11H16N6. The summed E-state index contributed by atoms with van der Waals surface area (Å²) in [5.41, 5.74) is 8.71. The molecule has 0 spiro atoms. The average Bonchev–Trinajstić information content (AvgIpc) is 2.98. The van der Waals surface area contributed by atoms with Gasteiger partial charge >= 0.3 is 0 Å². The van der Waals surface area contributed by atoms with Crippen molar-refractivity contribution in [3.63, 3.8) is 0 Å². The summed E-state index contributed by atoms with van der Waals surface area (Å²) in [4.78, 5) is 0. The van der Waals surface area contributed by atoms with E-state index in [4.69, 9.17) is 5.73 Å². The lowest BCUT2D eigenvalue weighted by atomic mass is 9.93. The molecule has 1 aliphatic carbocycles. The van der Waals surface area contributed by atoms with E-state index < -0.39 is 0 Å². The molecule has 2 aromatic heterocycles. The normalized spacial score (nSPS) is 21.2. The van der Waals surface area contributed by atoms with Crippen molar-refractivity contribution in [2.45, 2.75) is 38.3 Å². The molecule has 0 radical (unpaired) electrons. The highest BCUT2D eigenvalue weighted by Crippen LogP contribution is 2.31. The molecule has 3 N–H and O–H groups in total. The Morgan fingerprint density at radius 1 is 1.59 bits per heavy atom. The Morgan fingerprint density at radius 2 is 2.47 bits per heavy atom. The lowest BCUT2D eigenvalue weighted by Crippen LogP contribution is -2.20. The molecule has 6 heteroatoms. The summed E-state index contributed by atoms with van der Waals surface area (Å²) < 4.78 is 2.21. The quantitative estimate of drug-likeness (QED) is 0.807. The van der Waals surface area contributed by atoms with E-state index in [1.165, 1.54) is 11.3 Å². The van der Waals surface area contributed by atoms with Crippen LogP contribution in [0.15, 0.2) is 12.3 Å². The number of nitrogens with zero attached hydrogens (tertiary/aromatic N) is 4. The highest BCUT2D eigenvalue weighted by atomic mass is 15.5. The van der Waals surface area contributed by atoms with Gasteiger partial charge in [-0.05, 0) is 37.8 Å². The van der Waals surface area contributed by atoms with Crippen LogP contribution in [0.2, 0.25) is 0 Å². The minimum absolute atomic E-state index is 0.0998. The van der Waals surface area contributed by atoms with Crippen LogP contribution in [-0.2, 0) is 6.42 Å². The fraction of sp³-hybridized carbons (Fsp3) is 0.545. The zero-order chi connectivity index (χ0) is 11.8. The van der Waals surface area contributed by atoms with E-state index in [1.54, 1.807) is 0 Å². The van der Waals surface area contributed by atoms with E-state index in [0.717, 1.165) is 19.3 Å². The summed E-state index contributed by atoms with van der Waals surface area (Å²) in [7, 11) is 0. The molecule has 90 valence electrons. The molecule has 0 bridgehead atoms. The molecule has 6 nitrogen and oxygen atoms in total. The first-order valence-electron chi connectivity index (χ1n) is 5.96. The van der Waals surface area contributed by atoms with Gasteiger partial charge in [0.05, 0.1) is 6.04 Å². The molecule has 0 saturated carbocycles. The maximum atomic E-state index is 6.12. The molecular weight excluding hydrogens is 216 g/mol. The number of H-pyrrole nitrogens is 1. The SMILES string of the molecule is CC(c1nn[nH]n1)n1ccc2c1CCCC2N. The van der Waals surface area contributed by atoms with Gasteiger partial charge in [0.15, 0.2) is 5.82 Å². The molecule has 2 heterocycles. The van der Waals surface area contributed by atoms with Crippen molar-refractivity contribution < 1.29 is 0 Å². The van der Waals surface area contributed by atoms with Crippen molar-refractivity contribution in [3.05, 3.63) is 29.3 Å². The number of rotatable bonds is 2. The number of nitrogens with one attached hydrogen (secondary N) is 1. The molecule has 0 saturated heterocycles. The number of aromatic amines is 1. The van der Waals surface area contributed by atoms with Gasteiger partial charge in [0.1, 0.15) is 0 Å². The summed E-state index contributed by atoms with van der Waals surface area (Å²) in [6, 6.07) is 2.40. The first-order chi connectivity index (χ1) is 8.27. The van der Waals surface area contributed by atoms with Crippen LogP contribution in [0.25, 0.3) is 0 Å². The van der Waals surface area contributed by atoms with Crippen molar-refractivity contribution in [2.24, 2.45) is 5.73 Å². The summed E-state index contributed by atoms with van der Waals surface area (Å²) in [5, 5.41) is 14.2. The zero-order valence-corrected chi connectivity index (χ0v) is 9.80. The lowest BCUT2D eigenvalue weighted by molar-refractivity contribution is 0.516. The monoisotopic (exact) mass is 232 g/mol. The molecule has 2 aromatic rings. The molecule has 0 aliphatic heterocycles. The Balaban J connectivity index is 1.99. The maximum Gasteiger partial charge on any atom is 0.196 e. The number of fused-ring (bicyclic) bond motifs is 1. The second-order valence-corrected chi connectivity index (χ2v) is 4.57. The number of hydrogen-bond donors (Lipinski definition) is 2. The van der Waals surface area contributed by atoms with Gasteiger partial charge in [-0.1, -0.05) is 5.21 Å². The Bertz CT molecular complexity index is 500.